The van der Waals surface area contributed by atoms with Gasteiger partial charge in [0, 0.05) is 18.9 Å². The summed E-state index contributed by atoms with van der Waals surface area (Å²) in [6.07, 6.45) is 3.57. The molecule has 2 rings (SSSR count). The van der Waals surface area contributed by atoms with E-state index in [1.54, 1.807) is 11.7 Å². The third-order valence-electron chi connectivity index (χ3n) is 2.57. The van der Waals surface area contributed by atoms with E-state index in [4.69, 9.17) is 0 Å². The van der Waals surface area contributed by atoms with Crippen molar-refractivity contribution in [3.63, 3.8) is 0 Å². The summed E-state index contributed by atoms with van der Waals surface area (Å²) in [6.45, 7) is 3.96. The van der Waals surface area contributed by atoms with Gasteiger partial charge in [0.1, 0.15) is 4.88 Å². The number of thiazole rings is 1. The summed E-state index contributed by atoms with van der Waals surface area (Å²) >= 11 is 1.34. The Bertz CT molecular complexity index is 514. The summed E-state index contributed by atoms with van der Waals surface area (Å²) in [5.41, 5.74) is 4.66. The molecule has 0 unspecified atom stereocenters. The second kappa shape index (κ2) is 4.09. The largest absolute Gasteiger partial charge is 0.353 e. The van der Waals surface area contributed by atoms with Crippen LogP contribution < -0.4 is 5.32 Å². The lowest BCUT2D eigenvalue weighted by atomic mass is 10.2. The number of hydrogen-bond acceptors (Lipinski definition) is 3. The summed E-state index contributed by atoms with van der Waals surface area (Å²) < 4.78 is 2.00. The predicted molar refractivity (Wildman–Crippen MR) is 65.0 cm³/mol. The quantitative estimate of drug-likeness (QED) is 0.868. The van der Waals surface area contributed by atoms with E-state index in [1.807, 2.05) is 31.7 Å². The Morgan fingerprint density at radius 3 is 2.75 bits per heavy atom. The maximum atomic E-state index is 11.8. The molecule has 0 aliphatic heterocycles. The van der Waals surface area contributed by atoms with Crippen LogP contribution in [0.25, 0.3) is 0 Å². The topological polar surface area (TPSA) is 46.9 Å². The van der Waals surface area contributed by atoms with Gasteiger partial charge in [-0.3, -0.25) is 9.78 Å². The first-order chi connectivity index (χ1) is 7.59. The summed E-state index contributed by atoms with van der Waals surface area (Å²) in [4.78, 5) is 16.4. The van der Waals surface area contributed by atoms with Gasteiger partial charge in [-0.2, -0.15) is 0 Å². The normalized spacial score (nSPS) is 10.4. The number of carbonyl (C=O) groups is 1. The number of aromatic nitrogens is 2. The zero-order valence-electron chi connectivity index (χ0n) is 9.44. The molecule has 1 amide bonds. The van der Waals surface area contributed by atoms with Gasteiger partial charge in [-0.1, -0.05) is 0 Å². The molecule has 16 heavy (non-hydrogen) atoms. The Balaban J connectivity index is 2.25. The van der Waals surface area contributed by atoms with Crippen molar-refractivity contribution in [2.24, 2.45) is 7.05 Å². The molecule has 0 fully saturated rings. The van der Waals surface area contributed by atoms with Gasteiger partial charge in [0.15, 0.2) is 0 Å². The van der Waals surface area contributed by atoms with Crippen LogP contribution in [0.5, 0.6) is 0 Å². The summed E-state index contributed by atoms with van der Waals surface area (Å²) in [5.74, 6) is -0.0973. The fourth-order valence-electron chi connectivity index (χ4n) is 1.61. The number of aryl methyl sites for hydroxylation is 2. The van der Waals surface area contributed by atoms with E-state index in [0.29, 0.717) is 4.88 Å². The zero-order chi connectivity index (χ0) is 11.7. The van der Waals surface area contributed by atoms with Crippen molar-refractivity contribution in [3.8, 4) is 0 Å². The van der Waals surface area contributed by atoms with Crippen LogP contribution in [0.3, 0.4) is 0 Å². The molecule has 0 aromatic carbocycles. The van der Waals surface area contributed by atoms with E-state index < -0.39 is 0 Å². The fraction of sp³-hybridized carbons (Fsp3) is 0.273. The van der Waals surface area contributed by atoms with Crippen molar-refractivity contribution in [1.29, 1.82) is 0 Å². The van der Waals surface area contributed by atoms with E-state index in [2.05, 4.69) is 10.3 Å². The van der Waals surface area contributed by atoms with E-state index in [9.17, 15) is 4.79 Å². The summed E-state index contributed by atoms with van der Waals surface area (Å²) in [5, 5.41) is 2.91. The Labute approximate surface area is 97.9 Å². The smallest absolute Gasteiger partial charge is 0.267 e. The SMILES string of the molecule is Cc1cn(C)c(C)c1NC(=O)c1cncs1. The first kappa shape index (κ1) is 10.9. The third-order valence-corrected chi connectivity index (χ3v) is 3.34. The van der Waals surface area contributed by atoms with E-state index >= 15 is 0 Å². The lowest BCUT2D eigenvalue weighted by molar-refractivity contribution is 0.103. The number of hydrogen-bond donors (Lipinski definition) is 1. The Hall–Kier alpha value is -1.62. The van der Waals surface area contributed by atoms with Crippen LogP contribution in [0.2, 0.25) is 0 Å². The second-order valence-corrected chi connectivity index (χ2v) is 4.59. The Kier molecular flexibility index (Phi) is 2.78. The average molecular weight is 235 g/mol. The molecule has 0 saturated carbocycles. The van der Waals surface area contributed by atoms with Crippen molar-refractivity contribution in [2.45, 2.75) is 13.8 Å². The van der Waals surface area contributed by atoms with Crippen molar-refractivity contribution in [3.05, 3.63) is 34.0 Å². The molecule has 2 aromatic rings. The fourth-order valence-corrected chi connectivity index (χ4v) is 2.12. The van der Waals surface area contributed by atoms with Gasteiger partial charge in [0.05, 0.1) is 17.4 Å². The number of anilines is 1. The monoisotopic (exact) mass is 235 g/mol. The Morgan fingerprint density at radius 2 is 2.25 bits per heavy atom. The highest BCUT2D eigenvalue weighted by Gasteiger charge is 2.13. The third kappa shape index (κ3) is 1.86. The van der Waals surface area contributed by atoms with Crippen LogP contribution in [-0.4, -0.2) is 15.5 Å². The molecular weight excluding hydrogens is 222 g/mol. The molecule has 0 radical (unpaired) electrons. The molecule has 84 valence electrons. The number of nitrogens with one attached hydrogen (secondary N) is 1. The van der Waals surface area contributed by atoms with Crippen LogP contribution in [0.15, 0.2) is 17.9 Å². The van der Waals surface area contributed by atoms with E-state index in [-0.39, 0.29) is 5.91 Å². The molecule has 0 aliphatic carbocycles. The van der Waals surface area contributed by atoms with Crippen LogP contribution in [0.4, 0.5) is 5.69 Å². The highest BCUT2D eigenvalue weighted by molar-refractivity contribution is 7.11. The number of amides is 1. The van der Waals surface area contributed by atoms with Crippen molar-refractivity contribution >= 4 is 22.9 Å². The molecule has 1 N–H and O–H groups in total. The van der Waals surface area contributed by atoms with Crippen LogP contribution >= 0.6 is 11.3 Å². The molecule has 0 saturated heterocycles. The maximum absolute atomic E-state index is 11.8. The number of rotatable bonds is 2. The van der Waals surface area contributed by atoms with Crippen molar-refractivity contribution in [1.82, 2.24) is 9.55 Å². The molecule has 4 nitrogen and oxygen atoms in total. The van der Waals surface area contributed by atoms with E-state index in [1.165, 1.54) is 11.3 Å². The summed E-state index contributed by atoms with van der Waals surface area (Å²) in [7, 11) is 1.96. The Morgan fingerprint density at radius 1 is 1.50 bits per heavy atom. The van der Waals surface area contributed by atoms with Crippen LogP contribution in [0.1, 0.15) is 20.9 Å². The average Bonchev–Trinajstić information content (AvgIpc) is 2.83. The lowest BCUT2D eigenvalue weighted by Gasteiger charge is -2.04. The number of nitrogens with zero attached hydrogens (tertiary/aromatic N) is 2. The highest BCUT2D eigenvalue weighted by atomic mass is 32.1. The van der Waals surface area contributed by atoms with Crippen molar-refractivity contribution in [2.75, 3.05) is 5.32 Å². The first-order valence-corrected chi connectivity index (χ1v) is 5.80. The molecule has 2 heterocycles. The molecule has 0 atom stereocenters. The minimum atomic E-state index is -0.0973. The highest BCUT2D eigenvalue weighted by Crippen LogP contribution is 2.22. The molecule has 0 bridgehead atoms. The minimum absolute atomic E-state index is 0.0973. The van der Waals surface area contributed by atoms with E-state index in [0.717, 1.165) is 16.9 Å². The second-order valence-electron chi connectivity index (χ2n) is 3.70. The van der Waals surface area contributed by atoms with Gasteiger partial charge in [-0.25, -0.2) is 0 Å². The predicted octanol–water partition coefficient (Wildman–Crippen LogP) is 2.35. The van der Waals surface area contributed by atoms with Gasteiger partial charge in [0.2, 0.25) is 0 Å². The van der Waals surface area contributed by atoms with Gasteiger partial charge >= 0.3 is 0 Å². The van der Waals surface area contributed by atoms with Gasteiger partial charge in [-0.05, 0) is 19.4 Å². The lowest BCUT2D eigenvalue weighted by Crippen LogP contribution is -2.11. The zero-order valence-corrected chi connectivity index (χ0v) is 10.3. The van der Waals surface area contributed by atoms with Crippen molar-refractivity contribution < 1.29 is 4.79 Å². The van der Waals surface area contributed by atoms with Gasteiger partial charge < -0.3 is 9.88 Å². The molecule has 2 aromatic heterocycles. The molecule has 5 heteroatoms. The minimum Gasteiger partial charge on any atom is -0.353 e. The standard InChI is InChI=1S/C11H13N3OS/c1-7-5-14(3)8(2)10(7)13-11(15)9-4-12-6-16-9/h4-6H,1-3H3,(H,13,15). The van der Waals surface area contributed by atoms with Gasteiger partial charge in [-0.15, -0.1) is 11.3 Å². The molecular formula is C11H13N3OS. The molecule has 0 aliphatic rings. The first-order valence-electron chi connectivity index (χ1n) is 4.92. The summed E-state index contributed by atoms with van der Waals surface area (Å²) in [6, 6.07) is 0. The van der Waals surface area contributed by atoms with Gasteiger partial charge in [0.25, 0.3) is 5.91 Å². The maximum Gasteiger partial charge on any atom is 0.267 e. The molecule has 0 spiro atoms. The van der Waals surface area contributed by atoms with Crippen LogP contribution in [-0.2, 0) is 7.05 Å². The number of carbonyl (C=O) groups excluding carboxylic acids is 1. The van der Waals surface area contributed by atoms with Crippen LogP contribution in [0, 0.1) is 13.8 Å².